The summed E-state index contributed by atoms with van der Waals surface area (Å²) in [6.45, 7) is 4.48. The van der Waals surface area contributed by atoms with Gasteiger partial charge < -0.3 is 9.64 Å². The zero-order valence-corrected chi connectivity index (χ0v) is 16.8. The third-order valence-corrected chi connectivity index (χ3v) is 5.39. The van der Waals surface area contributed by atoms with Crippen LogP contribution in [0.3, 0.4) is 0 Å². The number of nitriles is 1. The van der Waals surface area contributed by atoms with Crippen LogP contribution in [-0.4, -0.2) is 30.1 Å². The summed E-state index contributed by atoms with van der Waals surface area (Å²) in [6, 6.07) is 11.2. The third kappa shape index (κ3) is 5.02. The lowest BCUT2D eigenvalue weighted by Crippen LogP contribution is -2.30. The number of rotatable bonds is 8. The maximum atomic E-state index is 14.5. The van der Waals surface area contributed by atoms with E-state index in [9.17, 15) is 14.4 Å². The van der Waals surface area contributed by atoms with Crippen LogP contribution in [0, 0.1) is 24.1 Å². The Hall–Kier alpha value is -2.59. The fourth-order valence-corrected chi connectivity index (χ4v) is 3.63. The fourth-order valence-electron chi connectivity index (χ4n) is 2.85. The van der Waals surface area contributed by atoms with Crippen molar-refractivity contribution >= 4 is 23.5 Å². The molecule has 0 radical (unpaired) electrons. The molecular formula is C21H22FN3O2S. The van der Waals surface area contributed by atoms with E-state index in [0.717, 1.165) is 23.3 Å². The van der Waals surface area contributed by atoms with Crippen LogP contribution in [-0.2, 0) is 9.53 Å². The summed E-state index contributed by atoms with van der Waals surface area (Å²) in [5, 5.41) is 9.71. The van der Waals surface area contributed by atoms with Gasteiger partial charge in [-0.25, -0.2) is 9.37 Å². The molecule has 28 heavy (non-hydrogen) atoms. The van der Waals surface area contributed by atoms with Crippen LogP contribution in [0.15, 0.2) is 40.3 Å². The van der Waals surface area contributed by atoms with Gasteiger partial charge in [-0.3, -0.25) is 4.79 Å². The van der Waals surface area contributed by atoms with E-state index in [2.05, 4.69) is 4.98 Å². The highest BCUT2D eigenvalue weighted by Crippen LogP contribution is 2.36. The van der Waals surface area contributed by atoms with Crippen molar-refractivity contribution in [1.29, 1.82) is 5.26 Å². The molecule has 0 saturated heterocycles. The SMILES string of the molecule is CCOC(=O)CCN(c1nc(Sc2ccc(C)cc2)c(F)cc1C#N)C1CC1. The first-order valence-corrected chi connectivity index (χ1v) is 10.1. The van der Waals surface area contributed by atoms with Crippen LogP contribution in [0.25, 0.3) is 0 Å². The summed E-state index contributed by atoms with van der Waals surface area (Å²) in [5.74, 6) is -0.375. The molecule has 7 heteroatoms. The van der Waals surface area contributed by atoms with Crippen molar-refractivity contribution in [3.63, 3.8) is 0 Å². The van der Waals surface area contributed by atoms with Crippen molar-refractivity contribution in [1.82, 2.24) is 4.98 Å². The molecule has 1 aromatic carbocycles. The first-order chi connectivity index (χ1) is 13.5. The van der Waals surface area contributed by atoms with Gasteiger partial charge in [0.2, 0.25) is 0 Å². The normalized spacial score (nSPS) is 13.1. The summed E-state index contributed by atoms with van der Waals surface area (Å²) in [7, 11) is 0. The van der Waals surface area contributed by atoms with E-state index in [4.69, 9.17) is 4.74 Å². The molecule has 1 heterocycles. The number of pyridine rings is 1. The lowest BCUT2D eigenvalue weighted by atomic mass is 10.2. The van der Waals surface area contributed by atoms with Crippen molar-refractivity contribution < 1.29 is 13.9 Å². The van der Waals surface area contributed by atoms with E-state index in [-0.39, 0.29) is 29.0 Å². The number of halogens is 1. The van der Waals surface area contributed by atoms with E-state index < -0.39 is 5.82 Å². The van der Waals surface area contributed by atoms with Gasteiger partial charge in [-0.15, -0.1) is 0 Å². The van der Waals surface area contributed by atoms with Crippen LogP contribution in [0.2, 0.25) is 0 Å². The van der Waals surface area contributed by atoms with Gasteiger partial charge in [-0.1, -0.05) is 29.5 Å². The molecule has 1 aliphatic rings. The highest BCUT2D eigenvalue weighted by atomic mass is 32.2. The monoisotopic (exact) mass is 399 g/mol. The number of aromatic nitrogens is 1. The van der Waals surface area contributed by atoms with Crippen molar-refractivity contribution in [3.8, 4) is 6.07 Å². The number of aryl methyl sites for hydroxylation is 1. The Kier molecular flexibility index (Phi) is 6.53. The topological polar surface area (TPSA) is 66.2 Å². The molecule has 0 N–H and O–H groups in total. The highest BCUT2D eigenvalue weighted by Gasteiger charge is 2.32. The lowest BCUT2D eigenvalue weighted by Gasteiger charge is -2.24. The molecule has 5 nitrogen and oxygen atoms in total. The van der Waals surface area contributed by atoms with Gasteiger partial charge in [-0.2, -0.15) is 5.26 Å². The van der Waals surface area contributed by atoms with Gasteiger partial charge in [-0.05, 0) is 44.9 Å². The summed E-state index contributed by atoms with van der Waals surface area (Å²) < 4.78 is 19.6. The predicted octanol–water partition coefficient (Wildman–Crippen LogP) is 4.47. The fraction of sp³-hybridized carbons (Fsp3) is 0.381. The van der Waals surface area contributed by atoms with Gasteiger partial charge >= 0.3 is 5.97 Å². The second-order valence-corrected chi connectivity index (χ2v) is 7.72. The molecule has 0 bridgehead atoms. The average molecular weight is 399 g/mol. The molecule has 1 aromatic heterocycles. The van der Waals surface area contributed by atoms with Crippen LogP contribution in [0.5, 0.6) is 0 Å². The van der Waals surface area contributed by atoms with E-state index >= 15 is 0 Å². The molecule has 0 amide bonds. The van der Waals surface area contributed by atoms with Crippen molar-refractivity contribution in [2.75, 3.05) is 18.1 Å². The van der Waals surface area contributed by atoms with Gasteiger partial charge in [0.25, 0.3) is 0 Å². The zero-order chi connectivity index (χ0) is 20.1. The molecule has 3 rings (SSSR count). The van der Waals surface area contributed by atoms with E-state index in [1.54, 1.807) is 6.92 Å². The number of carbonyl (C=O) groups excluding carboxylic acids is 1. The Morgan fingerprint density at radius 2 is 2.11 bits per heavy atom. The zero-order valence-electron chi connectivity index (χ0n) is 15.9. The molecule has 1 saturated carbocycles. The Labute approximate surface area is 168 Å². The maximum absolute atomic E-state index is 14.5. The highest BCUT2D eigenvalue weighted by molar-refractivity contribution is 7.99. The summed E-state index contributed by atoms with van der Waals surface area (Å²) in [4.78, 5) is 19.1. The lowest BCUT2D eigenvalue weighted by molar-refractivity contribution is -0.142. The smallest absolute Gasteiger partial charge is 0.307 e. The quantitative estimate of drug-likeness (QED) is 0.610. The molecule has 146 valence electrons. The number of esters is 1. The molecule has 1 fully saturated rings. The minimum absolute atomic E-state index is 0.182. The number of nitrogens with zero attached hydrogens (tertiary/aromatic N) is 3. The van der Waals surface area contributed by atoms with E-state index in [0.29, 0.717) is 19.0 Å². The molecule has 2 aromatic rings. The Morgan fingerprint density at radius 1 is 1.39 bits per heavy atom. The van der Waals surface area contributed by atoms with Crippen molar-refractivity contribution in [3.05, 3.63) is 47.3 Å². The first-order valence-electron chi connectivity index (χ1n) is 9.29. The van der Waals surface area contributed by atoms with Crippen LogP contribution in [0.1, 0.15) is 37.3 Å². The van der Waals surface area contributed by atoms with E-state index in [1.165, 1.54) is 17.8 Å². The number of benzene rings is 1. The number of carbonyl (C=O) groups is 1. The van der Waals surface area contributed by atoms with Gasteiger partial charge in [0.1, 0.15) is 16.9 Å². The Balaban J connectivity index is 1.88. The summed E-state index contributed by atoms with van der Waals surface area (Å²) >= 11 is 1.22. The first kappa shape index (κ1) is 20.2. The number of hydrogen-bond acceptors (Lipinski definition) is 6. The van der Waals surface area contributed by atoms with Crippen LogP contribution < -0.4 is 4.90 Å². The second kappa shape index (κ2) is 9.07. The molecule has 0 unspecified atom stereocenters. The maximum Gasteiger partial charge on any atom is 0.307 e. The second-order valence-electron chi connectivity index (χ2n) is 6.65. The van der Waals surface area contributed by atoms with Gasteiger partial charge in [0.05, 0.1) is 18.6 Å². The molecule has 0 atom stereocenters. The number of ether oxygens (including phenoxy) is 1. The van der Waals surface area contributed by atoms with Gasteiger partial charge in [0, 0.05) is 17.5 Å². The average Bonchev–Trinajstić information content (AvgIpc) is 3.51. The summed E-state index contributed by atoms with van der Waals surface area (Å²) in [5.41, 5.74) is 1.30. The molecule has 0 spiro atoms. The van der Waals surface area contributed by atoms with Gasteiger partial charge in [0.15, 0.2) is 5.82 Å². The summed E-state index contributed by atoms with van der Waals surface area (Å²) in [6.07, 6.45) is 2.13. The van der Waals surface area contributed by atoms with Crippen LogP contribution >= 0.6 is 11.8 Å². The standard InChI is InChI=1S/C21H22FN3O2S/c1-3-27-19(26)10-11-25(16-6-7-16)20-15(13-23)12-18(22)21(24-20)28-17-8-4-14(2)5-9-17/h4-5,8-9,12,16H,3,6-7,10-11H2,1-2H3. The molecular weight excluding hydrogens is 377 g/mol. The van der Waals surface area contributed by atoms with Crippen LogP contribution in [0.4, 0.5) is 10.2 Å². The van der Waals surface area contributed by atoms with E-state index in [1.807, 2.05) is 42.2 Å². The largest absolute Gasteiger partial charge is 0.466 e. The number of anilines is 1. The van der Waals surface area contributed by atoms with Crippen molar-refractivity contribution in [2.45, 2.75) is 49.1 Å². The number of hydrogen-bond donors (Lipinski definition) is 0. The van der Waals surface area contributed by atoms with Crippen molar-refractivity contribution in [2.24, 2.45) is 0 Å². The molecule has 1 aliphatic carbocycles. The predicted molar refractivity (Wildman–Crippen MR) is 106 cm³/mol. The minimum Gasteiger partial charge on any atom is -0.466 e. The third-order valence-electron chi connectivity index (χ3n) is 4.40. The Bertz CT molecular complexity index is 892. The molecule has 0 aliphatic heterocycles. The Morgan fingerprint density at radius 3 is 2.71 bits per heavy atom. The minimum atomic E-state index is -0.521.